The first-order chi connectivity index (χ1) is 7.74. The molecule has 2 heterocycles. The Hall–Kier alpha value is -1.30. The number of benzene rings is 1. The fourth-order valence-corrected chi connectivity index (χ4v) is 1.96. The summed E-state index contributed by atoms with van der Waals surface area (Å²) in [6, 6.07) is 12.5. The topological polar surface area (TPSA) is 25.8 Å². The molecule has 1 aromatic carbocycles. The van der Waals surface area contributed by atoms with Gasteiger partial charge in [-0.05, 0) is 26.0 Å². The van der Waals surface area contributed by atoms with E-state index in [1.54, 1.807) is 0 Å². The fourth-order valence-electron chi connectivity index (χ4n) is 1.96. The summed E-state index contributed by atoms with van der Waals surface area (Å²) in [7, 11) is 0. The van der Waals surface area contributed by atoms with Gasteiger partial charge in [-0.1, -0.05) is 24.3 Å². The van der Waals surface area contributed by atoms with E-state index in [1.807, 2.05) is 26.0 Å². The zero-order valence-corrected chi connectivity index (χ0v) is 11.2. The number of hydrogen-bond donors (Lipinski definition) is 0. The van der Waals surface area contributed by atoms with E-state index in [4.69, 9.17) is 0 Å². The molecule has 2 aromatic heterocycles. The van der Waals surface area contributed by atoms with Crippen LogP contribution in [0.15, 0.2) is 36.4 Å². The number of pyridine rings is 2. The van der Waals surface area contributed by atoms with Gasteiger partial charge in [0.25, 0.3) is 0 Å². The van der Waals surface area contributed by atoms with Crippen LogP contribution in [-0.2, 0) is 20.4 Å². The van der Waals surface area contributed by atoms with Gasteiger partial charge in [-0.2, -0.15) is 0 Å². The van der Waals surface area contributed by atoms with Gasteiger partial charge in [0.15, 0.2) is 0 Å². The van der Waals surface area contributed by atoms with Crippen LogP contribution >= 0.6 is 0 Å². The van der Waals surface area contributed by atoms with Gasteiger partial charge in [0.2, 0.25) is 0 Å². The molecule has 0 unspecified atom stereocenters. The van der Waals surface area contributed by atoms with Crippen LogP contribution in [0.4, 0.5) is 0 Å². The van der Waals surface area contributed by atoms with Crippen molar-refractivity contribution >= 4 is 21.8 Å². The number of aryl methyl sites for hydroxylation is 2. The molecule has 0 amide bonds. The Labute approximate surface area is 114 Å². The van der Waals surface area contributed by atoms with Crippen molar-refractivity contribution < 1.29 is 20.4 Å². The van der Waals surface area contributed by atoms with Crippen LogP contribution in [-0.4, -0.2) is 9.97 Å². The van der Waals surface area contributed by atoms with Gasteiger partial charge in [0.1, 0.15) is 0 Å². The molecular formula is C14H12N2Pd. The minimum absolute atomic E-state index is 0. The van der Waals surface area contributed by atoms with Gasteiger partial charge in [0.05, 0.1) is 11.0 Å². The fraction of sp³-hybridized carbons (Fsp3) is 0.143. The molecule has 0 atom stereocenters. The molecule has 88 valence electrons. The molecule has 0 aliphatic carbocycles. The molecule has 0 aliphatic rings. The van der Waals surface area contributed by atoms with E-state index in [0.29, 0.717) is 0 Å². The van der Waals surface area contributed by atoms with E-state index in [9.17, 15) is 0 Å². The summed E-state index contributed by atoms with van der Waals surface area (Å²) in [5, 5.41) is 2.30. The van der Waals surface area contributed by atoms with Gasteiger partial charge in [0, 0.05) is 42.6 Å². The minimum atomic E-state index is 0. The third-order valence-corrected chi connectivity index (χ3v) is 2.80. The van der Waals surface area contributed by atoms with Crippen LogP contribution in [0.5, 0.6) is 0 Å². The molecule has 0 saturated carbocycles. The molecule has 0 saturated heterocycles. The summed E-state index contributed by atoms with van der Waals surface area (Å²) in [5.74, 6) is 0. The van der Waals surface area contributed by atoms with Crippen LogP contribution in [0.2, 0.25) is 0 Å². The molecule has 0 bridgehead atoms. The molecule has 0 aliphatic heterocycles. The summed E-state index contributed by atoms with van der Waals surface area (Å²) in [6.07, 6.45) is 0. The molecule has 3 rings (SSSR count). The second kappa shape index (κ2) is 4.52. The summed E-state index contributed by atoms with van der Waals surface area (Å²) < 4.78 is 0. The zero-order valence-electron chi connectivity index (χ0n) is 9.67. The van der Waals surface area contributed by atoms with Crippen molar-refractivity contribution in [1.82, 2.24) is 9.97 Å². The Morgan fingerprint density at radius 1 is 0.647 bits per heavy atom. The maximum Gasteiger partial charge on any atom is 0.0967 e. The van der Waals surface area contributed by atoms with Gasteiger partial charge >= 0.3 is 0 Å². The second-order valence-corrected chi connectivity index (χ2v) is 4.11. The van der Waals surface area contributed by atoms with Crippen molar-refractivity contribution in [1.29, 1.82) is 0 Å². The molecule has 2 nitrogen and oxygen atoms in total. The molecule has 0 fully saturated rings. The van der Waals surface area contributed by atoms with Crippen LogP contribution in [0, 0.1) is 13.8 Å². The van der Waals surface area contributed by atoms with Crippen LogP contribution < -0.4 is 0 Å². The maximum absolute atomic E-state index is 4.58. The Balaban J connectivity index is 0.00000108. The van der Waals surface area contributed by atoms with Crippen molar-refractivity contribution in [2.45, 2.75) is 13.8 Å². The van der Waals surface area contributed by atoms with Gasteiger partial charge < -0.3 is 0 Å². The zero-order chi connectivity index (χ0) is 11.1. The second-order valence-electron chi connectivity index (χ2n) is 4.11. The monoisotopic (exact) mass is 314 g/mol. The van der Waals surface area contributed by atoms with Crippen molar-refractivity contribution in [3.05, 3.63) is 47.8 Å². The average molecular weight is 315 g/mol. The van der Waals surface area contributed by atoms with Crippen molar-refractivity contribution in [3.8, 4) is 0 Å². The van der Waals surface area contributed by atoms with E-state index in [1.165, 1.54) is 0 Å². The Bertz CT molecular complexity index is 631. The van der Waals surface area contributed by atoms with Crippen LogP contribution in [0.3, 0.4) is 0 Å². The van der Waals surface area contributed by atoms with Crippen LogP contribution in [0.1, 0.15) is 11.4 Å². The van der Waals surface area contributed by atoms with Crippen LogP contribution in [0.25, 0.3) is 21.8 Å². The Kier molecular flexibility index (Phi) is 3.24. The average Bonchev–Trinajstić information content (AvgIpc) is 2.29. The Morgan fingerprint density at radius 2 is 1.00 bits per heavy atom. The molecular weight excluding hydrogens is 303 g/mol. The van der Waals surface area contributed by atoms with Gasteiger partial charge in [-0.3, -0.25) is 9.97 Å². The van der Waals surface area contributed by atoms with Gasteiger partial charge in [-0.25, -0.2) is 0 Å². The summed E-state index contributed by atoms with van der Waals surface area (Å²) in [6.45, 7) is 4.02. The first-order valence-corrected chi connectivity index (χ1v) is 5.38. The van der Waals surface area contributed by atoms with E-state index in [2.05, 4.69) is 34.2 Å². The number of rotatable bonds is 0. The number of aromatic nitrogens is 2. The first kappa shape index (κ1) is 12.2. The van der Waals surface area contributed by atoms with Gasteiger partial charge in [-0.15, -0.1) is 0 Å². The standard InChI is InChI=1S/C14H12N2.Pd/c1-9-3-5-11-7-8-12-6-4-10(2)16-14(12)13(11)15-9;/h3-8H,1-2H3;. The molecule has 17 heavy (non-hydrogen) atoms. The SMILES string of the molecule is Cc1ccc2ccc3ccc(C)nc3c2n1.[Pd]. The summed E-state index contributed by atoms with van der Waals surface area (Å²) >= 11 is 0. The third-order valence-electron chi connectivity index (χ3n) is 2.80. The van der Waals surface area contributed by atoms with Crippen molar-refractivity contribution in [2.75, 3.05) is 0 Å². The number of hydrogen-bond acceptors (Lipinski definition) is 2. The van der Waals surface area contributed by atoms with E-state index < -0.39 is 0 Å². The smallest absolute Gasteiger partial charge is 0.0967 e. The molecule has 0 radical (unpaired) electrons. The summed E-state index contributed by atoms with van der Waals surface area (Å²) in [4.78, 5) is 9.16. The quantitative estimate of drug-likeness (QED) is 0.469. The normalized spacial score (nSPS) is 10.5. The summed E-state index contributed by atoms with van der Waals surface area (Å²) in [5.41, 5.74) is 4.06. The number of fused-ring (bicyclic) bond motifs is 3. The van der Waals surface area contributed by atoms with E-state index >= 15 is 0 Å². The number of nitrogens with zero attached hydrogens (tertiary/aromatic N) is 2. The molecule has 3 heteroatoms. The predicted molar refractivity (Wildman–Crippen MR) is 66.5 cm³/mol. The Morgan fingerprint density at radius 3 is 1.41 bits per heavy atom. The molecule has 3 aromatic rings. The van der Waals surface area contributed by atoms with Crippen molar-refractivity contribution in [2.24, 2.45) is 0 Å². The van der Waals surface area contributed by atoms with E-state index in [0.717, 1.165) is 33.2 Å². The van der Waals surface area contributed by atoms with E-state index in [-0.39, 0.29) is 20.4 Å². The largest absolute Gasteiger partial charge is 0.251 e. The minimum Gasteiger partial charge on any atom is -0.251 e. The van der Waals surface area contributed by atoms with Crippen molar-refractivity contribution in [3.63, 3.8) is 0 Å². The molecule has 0 N–H and O–H groups in total. The first-order valence-electron chi connectivity index (χ1n) is 5.38. The third kappa shape index (κ3) is 2.09. The molecule has 0 spiro atoms. The predicted octanol–water partition coefficient (Wildman–Crippen LogP) is 3.40. The maximum atomic E-state index is 4.58.